The third-order valence-corrected chi connectivity index (χ3v) is 6.34. The molecular weight excluding hydrogens is 475 g/mol. The monoisotopic (exact) mass is 502 g/mol. The van der Waals surface area contributed by atoms with Crippen LogP contribution < -0.4 is 14.4 Å². The van der Waals surface area contributed by atoms with Crippen LogP contribution in [0.2, 0.25) is 0 Å². The van der Waals surface area contributed by atoms with Gasteiger partial charge < -0.3 is 23.8 Å². The summed E-state index contributed by atoms with van der Waals surface area (Å²) < 4.78 is 25.8. The van der Waals surface area contributed by atoms with Gasteiger partial charge in [0.15, 0.2) is 5.75 Å². The van der Waals surface area contributed by atoms with Crippen LogP contribution in [-0.4, -0.2) is 70.7 Å². The van der Waals surface area contributed by atoms with Gasteiger partial charge in [-0.05, 0) is 48.5 Å². The topological polar surface area (TPSA) is 85.6 Å². The molecule has 1 fully saturated rings. The summed E-state index contributed by atoms with van der Waals surface area (Å²) in [6, 6.07) is 13.7. The standard InChI is InChI=1S/C27H27FN6O3/c1-36-22-9-3-19(4-10-22)24-18-34(21-7-5-20(28)6-8-21)25(31-24)15-26(35)32-11-13-33(14-12-32)27-29-16-23(37-2)17-30-27/h3-10,16-18H,11-15H2,1-2H3. The molecule has 0 N–H and O–H groups in total. The van der Waals surface area contributed by atoms with Crippen molar-refractivity contribution in [1.82, 2.24) is 24.4 Å². The maximum Gasteiger partial charge on any atom is 0.230 e. The average Bonchev–Trinajstić information content (AvgIpc) is 3.37. The van der Waals surface area contributed by atoms with E-state index in [1.165, 1.54) is 12.1 Å². The molecule has 2 aromatic carbocycles. The number of amides is 1. The van der Waals surface area contributed by atoms with Crippen LogP contribution in [0, 0.1) is 5.82 Å². The molecule has 37 heavy (non-hydrogen) atoms. The molecular formula is C27H27FN6O3. The lowest BCUT2D eigenvalue weighted by atomic mass is 10.1. The number of nitrogens with zero attached hydrogens (tertiary/aromatic N) is 6. The molecule has 0 atom stereocenters. The van der Waals surface area contributed by atoms with Gasteiger partial charge in [-0.3, -0.25) is 4.79 Å². The molecule has 0 bridgehead atoms. The van der Waals surface area contributed by atoms with Gasteiger partial charge in [0.1, 0.15) is 17.4 Å². The third kappa shape index (κ3) is 5.37. The van der Waals surface area contributed by atoms with E-state index in [4.69, 9.17) is 14.5 Å². The molecule has 9 nitrogen and oxygen atoms in total. The maximum absolute atomic E-state index is 13.6. The van der Waals surface area contributed by atoms with Crippen LogP contribution >= 0.6 is 0 Å². The molecule has 1 aliphatic heterocycles. The van der Waals surface area contributed by atoms with Gasteiger partial charge in [0, 0.05) is 43.6 Å². The molecule has 10 heteroatoms. The largest absolute Gasteiger partial charge is 0.497 e. The van der Waals surface area contributed by atoms with Crippen molar-refractivity contribution in [3.8, 4) is 28.4 Å². The first kappa shape index (κ1) is 24.2. The highest BCUT2D eigenvalue weighted by atomic mass is 19.1. The zero-order chi connectivity index (χ0) is 25.8. The highest BCUT2D eigenvalue weighted by Crippen LogP contribution is 2.25. The molecule has 5 rings (SSSR count). The molecule has 1 saturated heterocycles. The van der Waals surface area contributed by atoms with Gasteiger partial charge >= 0.3 is 0 Å². The van der Waals surface area contributed by atoms with Crippen LogP contribution in [0.15, 0.2) is 67.1 Å². The van der Waals surface area contributed by atoms with Crippen LogP contribution in [0.4, 0.5) is 10.3 Å². The van der Waals surface area contributed by atoms with Crippen LogP contribution in [0.25, 0.3) is 16.9 Å². The number of ether oxygens (including phenoxy) is 2. The van der Waals surface area contributed by atoms with Gasteiger partial charge in [-0.15, -0.1) is 0 Å². The van der Waals surface area contributed by atoms with Crippen LogP contribution in [0.5, 0.6) is 11.5 Å². The molecule has 1 amide bonds. The number of hydrogen-bond donors (Lipinski definition) is 0. The number of piperazine rings is 1. The first-order valence-corrected chi connectivity index (χ1v) is 11.9. The number of aromatic nitrogens is 4. The van der Waals surface area contributed by atoms with Gasteiger partial charge in [-0.25, -0.2) is 19.3 Å². The van der Waals surface area contributed by atoms with Crippen molar-refractivity contribution in [1.29, 1.82) is 0 Å². The van der Waals surface area contributed by atoms with Gasteiger partial charge in [-0.2, -0.15) is 0 Å². The van der Waals surface area contributed by atoms with Crippen molar-refractivity contribution >= 4 is 11.9 Å². The molecule has 0 aliphatic carbocycles. The molecule has 0 radical (unpaired) electrons. The summed E-state index contributed by atoms with van der Waals surface area (Å²) in [7, 11) is 3.19. The quantitative estimate of drug-likeness (QED) is 0.383. The molecule has 4 aromatic rings. The second-order valence-corrected chi connectivity index (χ2v) is 8.58. The predicted molar refractivity (Wildman–Crippen MR) is 137 cm³/mol. The van der Waals surface area contributed by atoms with E-state index < -0.39 is 0 Å². The van der Waals surface area contributed by atoms with E-state index in [0.717, 1.165) is 22.7 Å². The lowest BCUT2D eigenvalue weighted by molar-refractivity contribution is -0.130. The number of anilines is 1. The SMILES string of the molecule is COc1ccc(-c2cn(-c3ccc(F)cc3)c(CC(=O)N3CCN(c4ncc(OC)cn4)CC3)n2)cc1. The van der Waals surface area contributed by atoms with E-state index in [-0.39, 0.29) is 18.1 Å². The van der Waals surface area contributed by atoms with E-state index in [9.17, 15) is 9.18 Å². The van der Waals surface area contributed by atoms with Crippen molar-refractivity contribution in [3.63, 3.8) is 0 Å². The van der Waals surface area contributed by atoms with Gasteiger partial charge in [-0.1, -0.05) is 0 Å². The zero-order valence-corrected chi connectivity index (χ0v) is 20.7. The third-order valence-electron chi connectivity index (χ3n) is 6.34. The van der Waals surface area contributed by atoms with E-state index >= 15 is 0 Å². The Morgan fingerprint density at radius 1 is 0.892 bits per heavy atom. The average molecular weight is 503 g/mol. The Kier molecular flexibility index (Phi) is 6.98. The minimum atomic E-state index is -0.324. The fraction of sp³-hybridized carbons (Fsp3) is 0.259. The minimum Gasteiger partial charge on any atom is -0.497 e. The Morgan fingerprint density at radius 2 is 1.54 bits per heavy atom. The van der Waals surface area contributed by atoms with Gasteiger partial charge in [0.05, 0.1) is 38.7 Å². The van der Waals surface area contributed by atoms with Crippen LogP contribution in [0.1, 0.15) is 5.82 Å². The Labute approximate surface area is 214 Å². The number of rotatable bonds is 7. The fourth-order valence-corrected chi connectivity index (χ4v) is 4.25. The molecule has 3 heterocycles. The second-order valence-electron chi connectivity index (χ2n) is 8.58. The van der Waals surface area contributed by atoms with Crippen LogP contribution in [-0.2, 0) is 11.2 Å². The Balaban J connectivity index is 1.33. The summed E-state index contributed by atoms with van der Waals surface area (Å²) in [5, 5.41) is 0. The van der Waals surface area contributed by atoms with E-state index in [1.54, 1.807) is 38.7 Å². The summed E-state index contributed by atoms with van der Waals surface area (Å²) in [6.07, 6.45) is 5.26. The van der Waals surface area contributed by atoms with Crippen molar-refractivity contribution in [3.05, 3.63) is 78.8 Å². The van der Waals surface area contributed by atoms with Gasteiger partial charge in [0.2, 0.25) is 11.9 Å². The molecule has 0 saturated carbocycles. The number of benzene rings is 2. The highest BCUT2D eigenvalue weighted by Gasteiger charge is 2.24. The molecule has 2 aromatic heterocycles. The lowest BCUT2D eigenvalue weighted by Gasteiger charge is -2.34. The van der Waals surface area contributed by atoms with Crippen molar-refractivity contribution in [2.75, 3.05) is 45.3 Å². The maximum atomic E-state index is 13.6. The number of carbonyl (C=O) groups is 1. The highest BCUT2D eigenvalue weighted by molar-refractivity contribution is 5.79. The summed E-state index contributed by atoms with van der Waals surface area (Å²) in [6.45, 7) is 2.36. The summed E-state index contributed by atoms with van der Waals surface area (Å²) in [4.78, 5) is 30.6. The van der Waals surface area contributed by atoms with Crippen LogP contribution in [0.3, 0.4) is 0 Å². The van der Waals surface area contributed by atoms with E-state index in [1.807, 2.05) is 44.8 Å². The zero-order valence-electron chi connectivity index (χ0n) is 20.7. The summed E-state index contributed by atoms with van der Waals surface area (Å²) in [5.41, 5.74) is 2.35. The Hall–Kier alpha value is -4.47. The summed E-state index contributed by atoms with van der Waals surface area (Å²) >= 11 is 0. The number of imidazole rings is 1. The van der Waals surface area contributed by atoms with Crippen molar-refractivity contribution < 1.29 is 18.7 Å². The first-order chi connectivity index (χ1) is 18.0. The van der Waals surface area contributed by atoms with E-state index in [2.05, 4.69) is 9.97 Å². The number of methoxy groups -OCH3 is 2. The number of hydrogen-bond acceptors (Lipinski definition) is 7. The smallest absolute Gasteiger partial charge is 0.230 e. The Morgan fingerprint density at radius 3 is 2.16 bits per heavy atom. The lowest BCUT2D eigenvalue weighted by Crippen LogP contribution is -2.49. The number of halogens is 1. The molecule has 190 valence electrons. The minimum absolute atomic E-state index is 0.0226. The summed E-state index contributed by atoms with van der Waals surface area (Å²) in [5.74, 6) is 2.20. The fourth-order valence-electron chi connectivity index (χ4n) is 4.25. The number of carbonyl (C=O) groups excluding carboxylic acids is 1. The molecule has 0 unspecified atom stereocenters. The Bertz CT molecular complexity index is 1350. The molecule has 0 spiro atoms. The normalized spacial score (nSPS) is 13.5. The van der Waals surface area contributed by atoms with Gasteiger partial charge in [0.25, 0.3) is 0 Å². The predicted octanol–water partition coefficient (Wildman–Crippen LogP) is 3.38. The molecule has 1 aliphatic rings. The second kappa shape index (κ2) is 10.7. The van der Waals surface area contributed by atoms with Crippen molar-refractivity contribution in [2.24, 2.45) is 0 Å². The first-order valence-electron chi connectivity index (χ1n) is 11.9. The van der Waals surface area contributed by atoms with E-state index in [0.29, 0.717) is 43.7 Å². The van der Waals surface area contributed by atoms with Crippen molar-refractivity contribution in [2.45, 2.75) is 6.42 Å².